The Balaban J connectivity index is 1.70. The topological polar surface area (TPSA) is 94.9 Å². The average molecular weight is 613 g/mol. The molecular weight excluding hydrogens is 576 g/mol. The number of fused-ring (bicyclic) bond motifs is 1. The molecule has 11 heteroatoms. The van der Waals surface area contributed by atoms with E-state index in [9.17, 15) is 9.59 Å². The van der Waals surface area contributed by atoms with Gasteiger partial charge in [-0.05, 0) is 43.2 Å². The molecule has 1 N–H and O–H groups in total. The average Bonchev–Trinajstić information content (AvgIpc) is 3.61. The van der Waals surface area contributed by atoms with Crippen molar-refractivity contribution in [1.29, 1.82) is 0 Å². The number of ether oxygens (including phenoxy) is 3. The number of carbonyl (C=O) groups is 2. The molecule has 3 heterocycles. The number of methoxy groups -OCH3 is 2. The van der Waals surface area contributed by atoms with Crippen LogP contribution in [0, 0.1) is 0 Å². The van der Waals surface area contributed by atoms with Crippen LogP contribution in [0.1, 0.15) is 55.7 Å². The van der Waals surface area contributed by atoms with Crippen LogP contribution in [0.5, 0.6) is 11.5 Å². The number of benzene rings is 2. The van der Waals surface area contributed by atoms with E-state index in [0.29, 0.717) is 41.2 Å². The minimum absolute atomic E-state index is 0.00838. The Labute approximate surface area is 255 Å². The van der Waals surface area contributed by atoms with Gasteiger partial charge in [0.2, 0.25) is 11.8 Å². The summed E-state index contributed by atoms with van der Waals surface area (Å²) in [5.41, 5.74) is 2.68. The van der Waals surface area contributed by atoms with Gasteiger partial charge in [-0.15, -0.1) is 11.8 Å². The van der Waals surface area contributed by atoms with Gasteiger partial charge in [0.1, 0.15) is 23.9 Å². The van der Waals surface area contributed by atoms with Crippen molar-refractivity contribution >= 4 is 41.0 Å². The maximum Gasteiger partial charge on any atom is 0.240 e. The lowest BCUT2D eigenvalue weighted by atomic mass is 9.87. The van der Waals surface area contributed by atoms with Crippen molar-refractivity contribution in [3.63, 3.8) is 0 Å². The van der Waals surface area contributed by atoms with Crippen LogP contribution in [-0.2, 0) is 19.7 Å². The van der Waals surface area contributed by atoms with Crippen molar-refractivity contribution in [3.05, 3.63) is 64.3 Å². The molecule has 224 valence electrons. The highest BCUT2D eigenvalue weighted by atomic mass is 35.5. The second-order valence-electron chi connectivity index (χ2n) is 11.4. The Morgan fingerprint density at radius 3 is 2.64 bits per heavy atom. The lowest BCUT2D eigenvalue weighted by Crippen LogP contribution is -2.44. The molecule has 0 aliphatic carbocycles. The Morgan fingerprint density at radius 2 is 1.98 bits per heavy atom. The molecule has 1 aromatic heterocycles. The molecule has 3 aromatic rings. The fourth-order valence-electron chi connectivity index (χ4n) is 5.39. The summed E-state index contributed by atoms with van der Waals surface area (Å²) in [4.78, 5) is 28.8. The zero-order chi connectivity index (χ0) is 30.0. The van der Waals surface area contributed by atoms with Crippen molar-refractivity contribution in [2.24, 2.45) is 0 Å². The number of halogens is 1. The highest BCUT2D eigenvalue weighted by molar-refractivity contribution is 8.00. The number of thioether (sulfide) groups is 1. The molecule has 9 nitrogen and oxygen atoms in total. The second kappa shape index (κ2) is 12.6. The zero-order valence-electron chi connectivity index (χ0n) is 24.6. The van der Waals surface area contributed by atoms with E-state index < -0.39 is 5.41 Å². The van der Waals surface area contributed by atoms with E-state index >= 15 is 0 Å². The van der Waals surface area contributed by atoms with Gasteiger partial charge in [0.05, 0.1) is 47.7 Å². The van der Waals surface area contributed by atoms with Gasteiger partial charge in [-0.3, -0.25) is 14.5 Å². The summed E-state index contributed by atoms with van der Waals surface area (Å²) in [5.74, 6) is 1.53. The van der Waals surface area contributed by atoms with Gasteiger partial charge in [0.15, 0.2) is 0 Å². The van der Waals surface area contributed by atoms with Crippen LogP contribution in [0.15, 0.2) is 42.5 Å². The first-order valence-electron chi connectivity index (χ1n) is 14.0. The van der Waals surface area contributed by atoms with Crippen molar-refractivity contribution in [2.45, 2.75) is 50.4 Å². The van der Waals surface area contributed by atoms with Crippen LogP contribution in [0.25, 0.3) is 5.69 Å². The maximum absolute atomic E-state index is 13.9. The van der Waals surface area contributed by atoms with E-state index in [1.54, 1.807) is 29.9 Å². The van der Waals surface area contributed by atoms with Crippen molar-refractivity contribution in [1.82, 2.24) is 15.1 Å². The number of aromatic nitrogens is 2. The van der Waals surface area contributed by atoms with Crippen molar-refractivity contribution in [2.75, 3.05) is 44.6 Å². The molecule has 2 aromatic carbocycles. The minimum Gasteiger partial charge on any atom is -0.497 e. The molecule has 0 saturated carbocycles. The lowest BCUT2D eigenvalue weighted by Gasteiger charge is -2.25. The van der Waals surface area contributed by atoms with Crippen LogP contribution >= 0.6 is 23.4 Å². The molecule has 42 heavy (non-hydrogen) atoms. The SMILES string of the molecule is COc1ccc(OC)c([C@H]2SCC(=O)N(CC(=O)NC[C@@H]3CCCO3)c3c2c(C(C)(C)C)nn3-c2ccccc2Cl)c1. The van der Waals surface area contributed by atoms with E-state index in [1.807, 2.05) is 36.4 Å². The van der Waals surface area contributed by atoms with Gasteiger partial charge in [0, 0.05) is 29.7 Å². The van der Waals surface area contributed by atoms with E-state index in [-0.39, 0.29) is 35.5 Å². The molecule has 5 rings (SSSR count). The molecule has 1 fully saturated rings. The highest BCUT2D eigenvalue weighted by Gasteiger charge is 2.41. The number of nitrogens with one attached hydrogen (secondary N) is 1. The van der Waals surface area contributed by atoms with Gasteiger partial charge in [0.25, 0.3) is 0 Å². The van der Waals surface area contributed by atoms with Crippen LogP contribution in [-0.4, -0.2) is 67.4 Å². The third-order valence-corrected chi connectivity index (χ3v) is 9.01. The number of anilines is 1. The predicted octanol–water partition coefficient (Wildman–Crippen LogP) is 5.30. The van der Waals surface area contributed by atoms with E-state index in [1.165, 1.54) is 11.8 Å². The third-order valence-electron chi connectivity index (χ3n) is 7.45. The molecule has 2 amide bonds. The molecule has 0 unspecified atom stereocenters. The summed E-state index contributed by atoms with van der Waals surface area (Å²) in [6.45, 7) is 7.20. The Kier molecular flexibility index (Phi) is 9.05. The third kappa shape index (κ3) is 6.11. The van der Waals surface area contributed by atoms with E-state index in [0.717, 1.165) is 29.7 Å². The Bertz CT molecular complexity index is 1460. The summed E-state index contributed by atoms with van der Waals surface area (Å²) in [7, 11) is 3.25. The zero-order valence-corrected chi connectivity index (χ0v) is 26.2. The Hall–Kier alpha value is -3.21. The predicted molar refractivity (Wildman–Crippen MR) is 165 cm³/mol. The molecule has 0 spiro atoms. The molecule has 0 radical (unpaired) electrons. The number of amides is 2. The number of nitrogens with zero attached hydrogens (tertiary/aromatic N) is 3. The largest absolute Gasteiger partial charge is 0.497 e. The lowest BCUT2D eigenvalue weighted by molar-refractivity contribution is -0.123. The van der Waals surface area contributed by atoms with Crippen LogP contribution in [0.3, 0.4) is 0 Å². The highest BCUT2D eigenvalue weighted by Crippen LogP contribution is 2.51. The van der Waals surface area contributed by atoms with Crippen LogP contribution in [0.4, 0.5) is 5.82 Å². The monoisotopic (exact) mass is 612 g/mol. The number of rotatable bonds is 8. The molecule has 2 aliphatic heterocycles. The summed E-state index contributed by atoms with van der Waals surface area (Å²) >= 11 is 8.20. The fraction of sp³-hybridized carbons (Fsp3) is 0.452. The summed E-state index contributed by atoms with van der Waals surface area (Å²) in [6.07, 6.45) is 1.88. The first-order valence-corrected chi connectivity index (χ1v) is 15.5. The van der Waals surface area contributed by atoms with Gasteiger partial charge >= 0.3 is 0 Å². The van der Waals surface area contributed by atoms with Crippen molar-refractivity contribution < 1.29 is 23.8 Å². The van der Waals surface area contributed by atoms with Gasteiger partial charge in [-0.25, -0.2) is 4.68 Å². The molecular formula is C31H37ClN4O5S. The fourth-order valence-corrected chi connectivity index (χ4v) is 6.82. The number of hydrogen-bond donors (Lipinski definition) is 1. The normalized spacial score (nSPS) is 18.9. The Morgan fingerprint density at radius 1 is 1.19 bits per heavy atom. The molecule has 2 atom stereocenters. The van der Waals surface area contributed by atoms with E-state index in [4.69, 9.17) is 30.9 Å². The smallest absolute Gasteiger partial charge is 0.240 e. The number of para-hydroxylation sites is 1. The standard InChI is InChI=1S/C31H37ClN4O5S/c1-31(2,3)29-27-28(21-15-19(39-4)12-13-24(21)40-5)42-18-26(38)35(17-25(37)33-16-20-9-8-14-41-20)30(27)36(34-29)23-11-7-6-10-22(23)32/h6-7,10-13,15,20,28H,8-9,14,16-18H2,1-5H3,(H,33,37)/t20-,28+/m0/s1. The van der Waals surface area contributed by atoms with Gasteiger partial charge in [-0.1, -0.05) is 44.5 Å². The summed E-state index contributed by atoms with van der Waals surface area (Å²) in [5, 5.41) is 8.21. The summed E-state index contributed by atoms with van der Waals surface area (Å²) < 4.78 is 18.8. The number of hydrogen-bond acceptors (Lipinski definition) is 7. The van der Waals surface area contributed by atoms with Crippen molar-refractivity contribution in [3.8, 4) is 17.2 Å². The quantitative estimate of drug-likeness (QED) is 0.369. The first-order chi connectivity index (χ1) is 20.1. The summed E-state index contributed by atoms with van der Waals surface area (Å²) in [6, 6.07) is 13.0. The first kappa shape index (κ1) is 30.3. The van der Waals surface area contributed by atoms with E-state index in [2.05, 4.69) is 26.1 Å². The van der Waals surface area contributed by atoms with Crippen LogP contribution in [0.2, 0.25) is 5.02 Å². The molecule has 0 bridgehead atoms. The van der Waals surface area contributed by atoms with Crippen LogP contribution < -0.4 is 19.7 Å². The number of carbonyl (C=O) groups excluding carboxylic acids is 2. The van der Waals surface area contributed by atoms with Gasteiger partial charge < -0.3 is 19.5 Å². The molecule has 2 aliphatic rings. The molecule has 1 saturated heterocycles. The maximum atomic E-state index is 13.9. The second-order valence-corrected chi connectivity index (χ2v) is 12.9. The minimum atomic E-state index is -0.414. The van der Waals surface area contributed by atoms with Gasteiger partial charge in [-0.2, -0.15) is 5.10 Å².